The summed E-state index contributed by atoms with van der Waals surface area (Å²) in [7, 11) is -0.289. The number of hydrogen-bond acceptors (Lipinski definition) is 7. The second-order valence-electron chi connectivity index (χ2n) is 14.1. The summed E-state index contributed by atoms with van der Waals surface area (Å²) in [5.41, 5.74) is 4.35. The van der Waals surface area contributed by atoms with Gasteiger partial charge in [0.25, 0.3) is 0 Å². The summed E-state index contributed by atoms with van der Waals surface area (Å²) in [6.45, 7) is 17.9. The molecule has 8 heteroatoms. The van der Waals surface area contributed by atoms with Crippen molar-refractivity contribution in [1.29, 1.82) is 0 Å². The maximum Gasteiger partial charge on any atom is 0.231 e. The van der Waals surface area contributed by atoms with Crippen LogP contribution in [0.3, 0.4) is 0 Å². The number of aryl methyl sites for hydroxylation is 1. The average Bonchev–Trinajstić information content (AvgIpc) is 3.49. The molecule has 0 bridgehead atoms. The highest BCUT2D eigenvalue weighted by Gasteiger charge is 2.37. The predicted octanol–water partition coefficient (Wildman–Crippen LogP) is 8.70. The normalized spacial score (nSPS) is 14.2. The molecule has 0 saturated carbocycles. The summed E-state index contributed by atoms with van der Waals surface area (Å²) in [4.78, 5) is 32.3. The van der Waals surface area contributed by atoms with Gasteiger partial charge in [0.05, 0.1) is 7.11 Å². The van der Waals surface area contributed by atoms with Gasteiger partial charge < -0.3 is 18.6 Å². The molecule has 0 radical (unpaired) electrons. The van der Waals surface area contributed by atoms with Crippen molar-refractivity contribution < 1.29 is 28.2 Å². The summed E-state index contributed by atoms with van der Waals surface area (Å²) in [6, 6.07) is 15.4. The van der Waals surface area contributed by atoms with Crippen LogP contribution in [0.25, 0.3) is 0 Å². The molecule has 2 atom stereocenters. The van der Waals surface area contributed by atoms with Gasteiger partial charge in [0.1, 0.15) is 17.2 Å². The molecule has 0 spiro atoms. The number of carbonyl (C=O) groups excluding carboxylic acids is 2. The van der Waals surface area contributed by atoms with Crippen molar-refractivity contribution >= 4 is 19.9 Å². The maximum atomic E-state index is 14.7. The number of pyridine rings is 1. The number of methoxy groups -OCH3 is 1. The first-order valence-electron chi connectivity index (χ1n) is 16.5. The van der Waals surface area contributed by atoms with Gasteiger partial charge in [-0.1, -0.05) is 53.2 Å². The van der Waals surface area contributed by atoms with Gasteiger partial charge >= 0.3 is 0 Å². The first-order chi connectivity index (χ1) is 21.7. The molecule has 3 aromatic rings. The Morgan fingerprint density at radius 1 is 1.02 bits per heavy atom. The van der Waals surface area contributed by atoms with Crippen LogP contribution in [0.4, 0.5) is 0 Å². The van der Waals surface area contributed by atoms with E-state index in [-0.39, 0.29) is 41.7 Å². The highest BCUT2D eigenvalue weighted by Crippen LogP contribution is 2.40. The standard InChI is InChI=1S/C38H51NO6Si/c1-10-11-12-29-14-16-32(33(20-26(3)40)27-13-18-34-35(22-27)44-24-43-34)36(39-29)37(41)31-17-15-30(42-7)21-28(31)19-25(2)23-45-46(8,9)38(4,5)6/h13-18,21-22,25,33H,10-12,19-20,23-24H2,1-9H3/t25-,33-/m0/s1. The van der Waals surface area contributed by atoms with Crippen molar-refractivity contribution in [1.82, 2.24) is 4.98 Å². The highest BCUT2D eigenvalue weighted by molar-refractivity contribution is 6.74. The fraction of sp³-hybridized carbons (Fsp3) is 0.500. The lowest BCUT2D eigenvalue weighted by Gasteiger charge is -2.37. The molecule has 0 fully saturated rings. The second-order valence-corrected chi connectivity index (χ2v) is 19.0. The Balaban J connectivity index is 1.77. The summed E-state index contributed by atoms with van der Waals surface area (Å²) in [5, 5.41) is 0.114. The largest absolute Gasteiger partial charge is 0.497 e. The summed E-state index contributed by atoms with van der Waals surface area (Å²) >= 11 is 0. The lowest BCUT2D eigenvalue weighted by Crippen LogP contribution is -2.41. The Hall–Kier alpha value is -3.49. The molecule has 4 rings (SSSR count). The number of carbonyl (C=O) groups is 2. The Bertz CT molecular complexity index is 1540. The topological polar surface area (TPSA) is 84.0 Å². The van der Waals surface area contributed by atoms with E-state index in [1.54, 1.807) is 14.0 Å². The molecule has 0 N–H and O–H groups in total. The highest BCUT2D eigenvalue weighted by atomic mass is 28.4. The minimum absolute atomic E-state index is 0.0248. The van der Waals surface area contributed by atoms with E-state index in [1.807, 2.05) is 48.5 Å². The van der Waals surface area contributed by atoms with Gasteiger partial charge in [-0.2, -0.15) is 0 Å². The van der Waals surface area contributed by atoms with E-state index in [1.165, 1.54) is 0 Å². The van der Waals surface area contributed by atoms with Crippen LogP contribution < -0.4 is 14.2 Å². The molecule has 1 aliphatic heterocycles. The first-order valence-corrected chi connectivity index (χ1v) is 19.4. The zero-order chi connectivity index (χ0) is 33.6. The van der Waals surface area contributed by atoms with E-state index in [2.05, 4.69) is 47.7 Å². The number of benzene rings is 2. The number of aromatic nitrogens is 1. The molecule has 0 amide bonds. The fourth-order valence-electron chi connectivity index (χ4n) is 5.51. The molecule has 7 nitrogen and oxygen atoms in total. The minimum atomic E-state index is -1.93. The van der Waals surface area contributed by atoms with Crippen LogP contribution in [0, 0.1) is 5.92 Å². The quantitative estimate of drug-likeness (QED) is 0.121. The van der Waals surface area contributed by atoms with Crippen molar-refractivity contribution in [2.75, 3.05) is 20.5 Å². The van der Waals surface area contributed by atoms with Gasteiger partial charge in [0.15, 0.2) is 19.8 Å². The third-order valence-electron chi connectivity index (χ3n) is 9.31. The van der Waals surface area contributed by atoms with Crippen LogP contribution in [0.2, 0.25) is 18.1 Å². The van der Waals surface area contributed by atoms with Crippen molar-refractivity contribution in [2.24, 2.45) is 5.92 Å². The van der Waals surface area contributed by atoms with Crippen LogP contribution in [-0.2, 0) is 22.1 Å². The van der Waals surface area contributed by atoms with E-state index in [0.717, 1.165) is 41.6 Å². The lowest BCUT2D eigenvalue weighted by atomic mass is 9.83. The Morgan fingerprint density at radius 2 is 1.76 bits per heavy atom. The number of hydrogen-bond donors (Lipinski definition) is 0. The molecule has 0 unspecified atom stereocenters. The summed E-state index contributed by atoms with van der Waals surface area (Å²) < 4.78 is 23.3. The number of ether oxygens (including phenoxy) is 3. The Labute approximate surface area is 276 Å². The monoisotopic (exact) mass is 645 g/mol. The number of Topliss-reactive ketones (excluding diaryl/α,β-unsaturated/α-hetero) is 1. The van der Waals surface area contributed by atoms with Crippen LogP contribution in [0.5, 0.6) is 17.2 Å². The van der Waals surface area contributed by atoms with Crippen molar-refractivity contribution in [3.8, 4) is 17.2 Å². The van der Waals surface area contributed by atoms with E-state index in [0.29, 0.717) is 41.5 Å². The van der Waals surface area contributed by atoms with Crippen LogP contribution >= 0.6 is 0 Å². The fourth-order valence-corrected chi connectivity index (χ4v) is 6.65. The minimum Gasteiger partial charge on any atom is -0.497 e. The third kappa shape index (κ3) is 8.45. The van der Waals surface area contributed by atoms with Gasteiger partial charge in [-0.3, -0.25) is 9.59 Å². The SMILES string of the molecule is CCCCc1ccc([C@@H](CC(C)=O)c2ccc3c(c2)OCO3)c(C(=O)c2ccc(OC)cc2C[C@H](C)CO[Si](C)(C)C(C)(C)C)n1. The predicted molar refractivity (Wildman–Crippen MR) is 185 cm³/mol. The third-order valence-corrected chi connectivity index (χ3v) is 13.8. The zero-order valence-corrected chi connectivity index (χ0v) is 30.1. The molecule has 0 aliphatic carbocycles. The van der Waals surface area contributed by atoms with Gasteiger partial charge in [-0.15, -0.1) is 0 Å². The summed E-state index contributed by atoms with van der Waals surface area (Å²) in [6.07, 6.45) is 3.65. The number of unbranched alkanes of at least 4 members (excludes halogenated alkanes) is 1. The molecular formula is C38H51NO6Si. The van der Waals surface area contributed by atoms with Crippen molar-refractivity contribution in [3.05, 3.63) is 82.2 Å². The second kappa shape index (κ2) is 14.9. The van der Waals surface area contributed by atoms with Crippen LogP contribution in [0.1, 0.15) is 105 Å². The van der Waals surface area contributed by atoms with E-state index in [9.17, 15) is 9.59 Å². The van der Waals surface area contributed by atoms with Crippen molar-refractivity contribution in [2.45, 2.75) is 97.7 Å². The Kier molecular flexibility index (Phi) is 11.5. The smallest absolute Gasteiger partial charge is 0.231 e. The lowest BCUT2D eigenvalue weighted by molar-refractivity contribution is -0.117. The Morgan fingerprint density at radius 3 is 2.43 bits per heavy atom. The molecular weight excluding hydrogens is 595 g/mol. The van der Waals surface area contributed by atoms with Crippen molar-refractivity contribution in [3.63, 3.8) is 0 Å². The van der Waals surface area contributed by atoms with Crippen LogP contribution in [-0.4, -0.2) is 45.4 Å². The number of ketones is 2. The number of nitrogens with zero attached hydrogens (tertiary/aromatic N) is 1. The van der Waals surface area contributed by atoms with E-state index >= 15 is 0 Å². The van der Waals surface area contributed by atoms with E-state index < -0.39 is 8.32 Å². The number of rotatable bonds is 15. The van der Waals surface area contributed by atoms with Gasteiger partial charge in [-0.05, 0) is 103 Å². The molecule has 1 aliphatic rings. The molecule has 46 heavy (non-hydrogen) atoms. The van der Waals surface area contributed by atoms with Gasteiger partial charge in [-0.25, -0.2) is 4.98 Å². The summed E-state index contributed by atoms with van der Waals surface area (Å²) in [5.74, 6) is 1.67. The average molecular weight is 646 g/mol. The maximum absolute atomic E-state index is 14.7. The first kappa shape index (κ1) is 35.4. The zero-order valence-electron chi connectivity index (χ0n) is 29.1. The molecule has 2 aromatic carbocycles. The van der Waals surface area contributed by atoms with Gasteiger partial charge in [0, 0.05) is 30.2 Å². The van der Waals surface area contributed by atoms with E-state index in [4.69, 9.17) is 23.6 Å². The molecule has 248 valence electrons. The molecule has 2 heterocycles. The van der Waals surface area contributed by atoms with Gasteiger partial charge in [0.2, 0.25) is 12.6 Å². The molecule has 0 saturated heterocycles. The van der Waals surface area contributed by atoms with Crippen LogP contribution in [0.15, 0.2) is 48.5 Å². The number of fused-ring (bicyclic) bond motifs is 1. The molecule has 1 aromatic heterocycles.